The summed E-state index contributed by atoms with van der Waals surface area (Å²) < 4.78 is 5.56. The SMILES string of the molecule is NC(=NC1CC2CCC1O2)NO. The van der Waals surface area contributed by atoms with Crippen LogP contribution < -0.4 is 11.2 Å². The second-order valence-corrected chi connectivity index (χ2v) is 3.30. The van der Waals surface area contributed by atoms with Crippen LogP contribution in [0.1, 0.15) is 19.3 Å². The number of ether oxygens (including phenoxy) is 1. The van der Waals surface area contributed by atoms with Crippen LogP contribution in [0.4, 0.5) is 0 Å². The third-order valence-electron chi connectivity index (χ3n) is 2.49. The summed E-state index contributed by atoms with van der Waals surface area (Å²) in [5.41, 5.74) is 7.14. The molecule has 2 fully saturated rings. The highest BCUT2D eigenvalue weighted by atomic mass is 16.5. The van der Waals surface area contributed by atoms with Gasteiger partial charge in [-0.3, -0.25) is 5.21 Å². The number of guanidine groups is 1. The highest BCUT2D eigenvalue weighted by Gasteiger charge is 2.40. The molecule has 0 aromatic heterocycles. The van der Waals surface area contributed by atoms with Crippen LogP contribution >= 0.6 is 0 Å². The number of nitrogens with two attached hydrogens (primary N) is 1. The largest absolute Gasteiger partial charge is 0.373 e. The van der Waals surface area contributed by atoms with Crippen LogP contribution in [0.5, 0.6) is 0 Å². The van der Waals surface area contributed by atoms with Gasteiger partial charge in [0.25, 0.3) is 0 Å². The van der Waals surface area contributed by atoms with Crippen LogP contribution in [0.3, 0.4) is 0 Å². The molecule has 2 aliphatic heterocycles. The Bertz CT molecular complexity index is 207. The molecule has 0 spiro atoms. The zero-order valence-corrected chi connectivity index (χ0v) is 6.73. The van der Waals surface area contributed by atoms with E-state index in [4.69, 9.17) is 15.7 Å². The Morgan fingerprint density at radius 3 is 2.92 bits per heavy atom. The lowest BCUT2D eigenvalue weighted by Gasteiger charge is -2.14. The predicted molar refractivity (Wildman–Crippen MR) is 42.8 cm³/mol. The van der Waals surface area contributed by atoms with Crippen LogP contribution in [0.2, 0.25) is 0 Å². The minimum absolute atomic E-state index is 0.0798. The first-order valence-corrected chi connectivity index (χ1v) is 4.18. The van der Waals surface area contributed by atoms with Crippen LogP contribution in [0.15, 0.2) is 4.99 Å². The third-order valence-corrected chi connectivity index (χ3v) is 2.49. The van der Waals surface area contributed by atoms with E-state index in [2.05, 4.69) is 4.99 Å². The Labute approximate surface area is 70.6 Å². The molecule has 2 bridgehead atoms. The zero-order chi connectivity index (χ0) is 8.55. The van der Waals surface area contributed by atoms with E-state index in [1.807, 2.05) is 5.48 Å². The molecule has 0 radical (unpaired) electrons. The molecule has 68 valence electrons. The summed E-state index contributed by atoms with van der Waals surface area (Å²) in [6.07, 6.45) is 3.74. The fourth-order valence-electron chi connectivity index (χ4n) is 1.95. The topological polar surface area (TPSA) is 79.9 Å². The van der Waals surface area contributed by atoms with Crippen molar-refractivity contribution >= 4 is 5.96 Å². The van der Waals surface area contributed by atoms with E-state index in [-0.39, 0.29) is 18.1 Å². The zero-order valence-electron chi connectivity index (χ0n) is 6.73. The van der Waals surface area contributed by atoms with Crippen molar-refractivity contribution in [3.63, 3.8) is 0 Å². The molecule has 0 amide bonds. The van der Waals surface area contributed by atoms with Gasteiger partial charge in [-0.15, -0.1) is 0 Å². The quantitative estimate of drug-likeness (QED) is 0.285. The number of hydrogen-bond acceptors (Lipinski definition) is 3. The standard InChI is InChI=1S/C7H13N3O2/c8-7(10-11)9-5-3-4-1-2-6(5)12-4/h4-6,11H,1-3H2,(H3,8,9,10). The molecular formula is C7H13N3O2. The highest BCUT2D eigenvalue weighted by molar-refractivity contribution is 5.76. The van der Waals surface area contributed by atoms with Crippen molar-refractivity contribution in [2.45, 2.75) is 37.5 Å². The Balaban J connectivity index is 1.98. The lowest BCUT2D eigenvalue weighted by atomic mass is 9.96. The van der Waals surface area contributed by atoms with Gasteiger partial charge in [-0.2, -0.15) is 0 Å². The Morgan fingerprint density at radius 1 is 1.58 bits per heavy atom. The molecule has 12 heavy (non-hydrogen) atoms. The van der Waals surface area contributed by atoms with E-state index in [9.17, 15) is 0 Å². The fraction of sp³-hybridized carbons (Fsp3) is 0.857. The van der Waals surface area contributed by atoms with Crippen molar-refractivity contribution in [3.05, 3.63) is 0 Å². The van der Waals surface area contributed by atoms with E-state index in [1.165, 1.54) is 0 Å². The molecule has 2 heterocycles. The maximum Gasteiger partial charge on any atom is 0.213 e. The predicted octanol–water partition coefficient (Wildman–Crippen LogP) is -0.400. The minimum Gasteiger partial charge on any atom is -0.373 e. The number of fused-ring (bicyclic) bond motifs is 2. The van der Waals surface area contributed by atoms with Crippen LogP contribution in [-0.2, 0) is 4.74 Å². The lowest BCUT2D eigenvalue weighted by Crippen LogP contribution is -2.32. The molecule has 3 atom stereocenters. The molecule has 0 aromatic rings. The Morgan fingerprint density at radius 2 is 2.42 bits per heavy atom. The molecule has 3 unspecified atom stereocenters. The third kappa shape index (κ3) is 1.25. The average Bonchev–Trinajstić information content (AvgIpc) is 2.64. The molecule has 0 aliphatic carbocycles. The number of nitrogens with one attached hydrogen (secondary N) is 1. The maximum atomic E-state index is 8.42. The molecule has 0 aromatic carbocycles. The molecule has 0 saturated carbocycles. The van der Waals surface area contributed by atoms with E-state index in [0.717, 1.165) is 19.3 Å². The summed E-state index contributed by atoms with van der Waals surface area (Å²) in [7, 11) is 0. The number of aliphatic imine (C=N–C) groups is 1. The van der Waals surface area contributed by atoms with Crippen molar-refractivity contribution in [2.24, 2.45) is 10.7 Å². The van der Waals surface area contributed by atoms with Gasteiger partial charge in [0.15, 0.2) is 0 Å². The lowest BCUT2D eigenvalue weighted by molar-refractivity contribution is 0.101. The number of hydroxylamine groups is 1. The fourth-order valence-corrected chi connectivity index (χ4v) is 1.95. The second-order valence-electron chi connectivity index (χ2n) is 3.30. The van der Waals surface area contributed by atoms with Crippen LogP contribution in [-0.4, -0.2) is 29.4 Å². The Hall–Kier alpha value is -0.810. The summed E-state index contributed by atoms with van der Waals surface area (Å²) in [5.74, 6) is 0.0798. The van der Waals surface area contributed by atoms with Gasteiger partial charge in [-0.25, -0.2) is 10.5 Å². The van der Waals surface area contributed by atoms with Gasteiger partial charge in [0.05, 0.1) is 18.2 Å². The molecule has 5 heteroatoms. The molecule has 5 nitrogen and oxygen atoms in total. The first-order chi connectivity index (χ1) is 5.79. The minimum atomic E-state index is 0.0798. The highest BCUT2D eigenvalue weighted by Crippen LogP contribution is 2.35. The molecule has 2 rings (SSSR count). The summed E-state index contributed by atoms with van der Waals surface area (Å²) in [6.45, 7) is 0. The summed E-state index contributed by atoms with van der Waals surface area (Å²) >= 11 is 0. The number of nitrogens with zero attached hydrogens (tertiary/aromatic N) is 1. The van der Waals surface area contributed by atoms with Gasteiger partial charge in [0, 0.05) is 0 Å². The average molecular weight is 171 g/mol. The first-order valence-electron chi connectivity index (χ1n) is 4.18. The monoisotopic (exact) mass is 171 g/mol. The van der Waals surface area contributed by atoms with E-state index in [0.29, 0.717) is 6.10 Å². The van der Waals surface area contributed by atoms with E-state index >= 15 is 0 Å². The summed E-state index contributed by atoms with van der Waals surface area (Å²) in [5, 5.41) is 8.42. The smallest absolute Gasteiger partial charge is 0.213 e. The molecule has 2 saturated heterocycles. The van der Waals surface area contributed by atoms with Crippen molar-refractivity contribution < 1.29 is 9.94 Å². The van der Waals surface area contributed by atoms with Crippen molar-refractivity contribution in [3.8, 4) is 0 Å². The maximum absolute atomic E-state index is 8.42. The summed E-state index contributed by atoms with van der Waals surface area (Å²) in [4.78, 5) is 4.09. The molecule has 4 N–H and O–H groups in total. The van der Waals surface area contributed by atoms with Crippen LogP contribution in [0.25, 0.3) is 0 Å². The normalized spacial score (nSPS) is 40.4. The van der Waals surface area contributed by atoms with Gasteiger partial charge in [-0.05, 0) is 19.3 Å². The molecule has 2 aliphatic rings. The second kappa shape index (κ2) is 2.91. The number of hydrogen-bond donors (Lipinski definition) is 3. The Kier molecular flexibility index (Phi) is 1.90. The van der Waals surface area contributed by atoms with Crippen molar-refractivity contribution in [1.29, 1.82) is 0 Å². The van der Waals surface area contributed by atoms with Crippen molar-refractivity contribution in [1.82, 2.24) is 5.48 Å². The van der Waals surface area contributed by atoms with Gasteiger partial charge in [0.2, 0.25) is 5.96 Å². The number of rotatable bonds is 1. The van der Waals surface area contributed by atoms with E-state index in [1.54, 1.807) is 0 Å². The molecular weight excluding hydrogens is 158 g/mol. The van der Waals surface area contributed by atoms with Gasteiger partial charge in [-0.1, -0.05) is 0 Å². The van der Waals surface area contributed by atoms with Crippen molar-refractivity contribution in [2.75, 3.05) is 0 Å². The van der Waals surface area contributed by atoms with E-state index < -0.39 is 0 Å². The van der Waals surface area contributed by atoms with Crippen LogP contribution in [0, 0.1) is 0 Å². The van der Waals surface area contributed by atoms with Gasteiger partial charge < -0.3 is 10.5 Å². The first kappa shape index (κ1) is 7.82. The van der Waals surface area contributed by atoms with Gasteiger partial charge >= 0.3 is 0 Å². The van der Waals surface area contributed by atoms with Gasteiger partial charge in [0.1, 0.15) is 0 Å². The summed E-state index contributed by atoms with van der Waals surface area (Å²) in [6, 6.07) is 0.142.